The van der Waals surface area contributed by atoms with E-state index >= 15 is 0 Å². The van der Waals surface area contributed by atoms with E-state index in [4.69, 9.17) is 4.74 Å². The molecule has 31 heavy (non-hydrogen) atoms. The van der Waals surface area contributed by atoms with Gasteiger partial charge < -0.3 is 15.0 Å². The molecule has 0 radical (unpaired) electrons. The van der Waals surface area contributed by atoms with Crippen LogP contribution in [0, 0.1) is 12.8 Å². The third-order valence-corrected chi connectivity index (χ3v) is 5.79. The van der Waals surface area contributed by atoms with E-state index in [9.17, 15) is 9.59 Å². The normalized spacial score (nSPS) is 18.4. The Kier molecular flexibility index (Phi) is 6.62. The minimum absolute atomic E-state index is 0.0455. The fourth-order valence-electron chi connectivity index (χ4n) is 4.16. The van der Waals surface area contributed by atoms with Gasteiger partial charge in [-0.2, -0.15) is 5.10 Å². The van der Waals surface area contributed by atoms with E-state index in [0.717, 1.165) is 47.8 Å². The second-order valence-corrected chi connectivity index (χ2v) is 10.2. The second kappa shape index (κ2) is 8.89. The van der Waals surface area contributed by atoms with E-state index in [1.807, 2.05) is 59.7 Å². The maximum Gasteiger partial charge on any atom is 0.410 e. The Balaban J connectivity index is 1.76. The van der Waals surface area contributed by atoms with Crippen molar-refractivity contribution in [1.82, 2.24) is 20.4 Å². The number of hydrogen-bond donors (Lipinski definition) is 2. The van der Waals surface area contributed by atoms with Crippen LogP contribution < -0.4 is 5.32 Å². The quantitative estimate of drug-likeness (QED) is 0.745. The molecule has 2 N–H and O–H groups in total. The van der Waals surface area contributed by atoms with Crippen LogP contribution >= 0.6 is 0 Å². The first-order chi connectivity index (χ1) is 14.5. The van der Waals surface area contributed by atoms with Crippen molar-refractivity contribution in [1.29, 1.82) is 0 Å². The lowest BCUT2D eigenvalue weighted by Gasteiger charge is -2.33. The fraction of sp³-hybridized carbons (Fsp3) is 0.625. The van der Waals surface area contributed by atoms with Gasteiger partial charge in [-0.05, 0) is 59.9 Å². The summed E-state index contributed by atoms with van der Waals surface area (Å²) in [5.41, 5.74) is 1.71. The van der Waals surface area contributed by atoms with E-state index < -0.39 is 11.1 Å². The number of amides is 2. The van der Waals surface area contributed by atoms with Crippen LogP contribution in [0.4, 0.5) is 4.79 Å². The van der Waals surface area contributed by atoms with Crippen LogP contribution in [0.2, 0.25) is 0 Å². The molecule has 2 heterocycles. The number of aromatic nitrogens is 2. The largest absolute Gasteiger partial charge is 0.444 e. The number of para-hydroxylation sites is 1. The van der Waals surface area contributed by atoms with Crippen molar-refractivity contribution in [3.8, 4) is 0 Å². The zero-order valence-electron chi connectivity index (χ0n) is 19.7. The van der Waals surface area contributed by atoms with Gasteiger partial charge in [0, 0.05) is 18.5 Å². The number of nitrogens with zero attached hydrogens (tertiary/aromatic N) is 2. The lowest BCUT2D eigenvalue weighted by atomic mass is 9.93. The Morgan fingerprint density at radius 1 is 1.16 bits per heavy atom. The Morgan fingerprint density at radius 2 is 1.90 bits per heavy atom. The highest BCUT2D eigenvalue weighted by atomic mass is 16.6. The minimum Gasteiger partial charge on any atom is -0.444 e. The fourth-order valence-corrected chi connectivity index (χ4v) is 4.16. The molecule has 1 fully saturated rings. The summed E-state index contributed by atoms with van der Waals surface area (Å²) in [6.07, 6.45) is 3.31. The maximum atomic E-state index is 13.3. The molecule has 0 saturated carbocycles. The van der Waals surface area contributed by atoms with Crippen molar-refractivity contribution in [3.05, 3.63) is 29.5 Å². The molecular formula is C24H36N4O3. The molecule has 1 atom stereocenters. The van der Waals surface area contributed by atoms with Gasteiger partial charge in [0.15, 0.2) is 0 Å². The molecule has 170 valence electrons. The van der Waals surface area contributed by atoms with Crippen molar-refractivity contribution in [2.24, 2.45) is 5.92 Å². The van der Waals surface area contributed by atoms with E-state index in [-0.39, 0.29) is 17.9 Å². The molecule has 1 unspecified atom stereocenters. The molecule has 0 bridgehead atoms. The SMILES string of the molecule is Cc1cccc2c(C(C)(C)NC(=O)C3CCCCCN(C(=O)OC(C)(C)C)C3)[nH]nc12. The van der Waals surface area contributed by atoms with Gasteiger partial charge in [-0.15, -0.1) is 0 Å². The molecule has 1 aromatic heterocycles. The number of fused-ring (bicyclic) bond motifs is 1. The van der Waals surface area contributed by atoms with E-state index in [1.165, 1.54) is 0 Å². The smallest absolute Gasteiger partial charge is 0.410 e. The highest BCUT2D eigenvalue weighted by molar-refractivity contribution is 5.86. The minimum atomic E-state index is -0.626. The van der Waals surface area contributed by atoms with Gasteiger partial charge in [-0.1, -0.05) is 31.0 Å². The van der Waals surface area contributed by atoms with Crippen LogP contribution in [-0.2, 0) is 15.1 Å². The van der Waals surface area contributed by atoms with Gasteiger partial charge in [0.2, 0.25) is 5.91 Å². The predicted molar refractivity (Wildman–Crippen MR) is 122 cm³/mol. The Bertz CT molecular complexity index is 942. The molecule has 1 aromatic carbocycles. The highest BCUT2D eigenvalue weighted by Crippen LogP contribution is 2.29. The lowest BCUT2D eigenvalue weighted by molar-refractivity contribution is -0.127. The highest BCUT2D eigenvalue weighted by Gasteiger charge is 2.33. The summed E-state index contributed by atoms with van der Waals surface area (Å²) in [6.45, 7) is 12.6. The number of benzene rings is 1. The number of H-pyrrole nitrogens is 1. The van der Waals surface area contributed by atoms with E-state index in [2.05, 4.69) is 15.5 Å². The Hall–Kier alpha value is -2.57. The number of aryl methyl sites for hydroxylation is 1. The number of ether oxygens (including phenoxy) is 1. The van der Waals surface area contributed by atoms with E-state index in [1.54, 1.807) is 4.90 Å². The first-order valence-corrected chi connectivity index (χ1v) is 11.2. The molecule has 2 amide bonds. The number of hydrogen-bond acceptors (Lipinski definition) is 4. The van der Waals surface area contributed by atoms with Crippen molar-refractivity contribution in [2.45, 2.75) is 78.4 Å². The van der Waals surface area contributed by atoms with Crippen LogP contribution in [0.1, 0.15) is 71.6 Å². The lowest BCUT2D eigenvalue weighted by Crippen LogP contribution is -2.49. The molecule has 0 aliphatic carbocycles. The Morgan fingerprint density at radius 3 is 2.61 bits per heavy atom. The van der Waals surface area contributed by atoms with E-state index in [0.29, 0.717) is 13.1 Å². The summed E-state index contributed by atoms with van der Waals surface area (Å²) < 4.78 is 5.56. The van der Waals surface area contributed by atoms with Crippen molar-refractivity contribution >= 4 is 22.9 Å². The average molecular weight is 429 g/mol. The first kappa shape index (κ1) is 23.1. The van der Waals surface area contributed by atoms with Crippen LogP contribution in [0.15, 0.2) is 18.2 Å². The monoisotopic (exact) mass is 428 g/mol. The molecule has 7 heteroatoms. The summed E-state index contributed by atoms with van der Waals surface area (Å²) >= 11 is 0. The van der Waals surface area contributed by atoms with Crippen molar-refractivity contribution in [2.75, 3.05) is 13.1 Å². The van der Waals surface area contributed by atoms with Crippen molar-refractivity contribution < 1.29 is 14.3 Å². The van der Waals surface area contributed by atoms with Crippen LogP contribution in [0.5, 0.6) is 0 Å². The Labute approximate surface area is 184 Å². The molecule has 1 aliphatic heterocycles. The number of carbonyl (C=O) groups is 2. The van der Waals surface area contributed by atoms with Gasteiger partial charge in [-0.25, -0.2) is 4.79 Å². The van der Waals surface area contributed by atoms with Gasteiger partial charge in [0.1, 0.15) is 5.60 Å². The van der Waals surface area contributed by atoms with Gasteiger partial charge in [0.05, 0.1) is 22.7 Å². The second-order valence-electron chi connectivity index (χ2n) is 10.2. The number of likely N-dealkylation sites (tertiary alicyclic amines) is 1. The van der Waals surface area contributed by atoms with Gasteiger partial charge in [0.25, 0.3) is 0 Å². The summed E-state index contributed by atoms with van der Waals surface area (Å²) in [5.74, 6) is -0.320. The standard InChI is InChI=1S/C24H36N4O3/c1-16-11-10-13-18-19(16)26-27-20(18)24(5,6)25-21(29)17-12-8-7-9-14-28(15-17)22(30)31-23(2,3)4/h10-11,13,17H,7-9,12,14-15H2,1-6H3,(H,25,29)(H,26,27). The first-order valence-electron chi connectivity index (χ1n) is 11.2. The number of carbonyl (C=O) groups excluding carboxylic acids is 2. The number of rotatable bonds is 3. The van der Waals surface area contributed by atoms with Crippen LogP contribution in [-0.4, -0.2) is 45.8 Å². The summed E-state index contributed by atoms with van der Waals surface area (Å²) in [4.78, 5) is 27.7. The zero-order chi connectivity index (χ0) is 22.8. The molecule has 1 saturated heterocycles. The summed E-state index contributed by atoms with van der Waals surface area (Å²) in [7, 11) is 0. The van der Waals surface area contributed by atoms with Crippen molar-refractivity contribution in [3.63, 3.8) is 0 Å². The third kappa shape index (κ3) is 5.57. The predicted octanol–water partition coefficient (Wildman–Crippen LogP) is 4.65. The molecule has 3 rings (SSSR count). The molecule has 1 aliphatic rings. The zero-order valence-corrected chi connectivity index (χ0v) is 19.7. The third-order valence-electron chi connectivity index (χ3n) is 5.79. The molecule has 0 spiro atoms. The maximum absolute atomic E-state index is 13.3. The van der Waals surface area contributed by atoms with Gasteiger partial charge in [-0.3, -0.25) is 9.89 Å². The molecule has 2 aromatic rings. The van der Waals surface area contributed by atoms with Crippen LogP contribution in [0.25, 0.3) is 10.9 Å². The molecular weight excluding hydrogens is 392 g/mol. The van der Waals surface area contributed by atoms with Gasteiger partial charge >= 0.3 is 6.09 Å². The number of aromatic amines is 1. The molecule has 7 nitrogen and oxygen atoms in total. The topological polar surface area (TPSA) is 87.3 Å². The van der Waals surface area contributed by atoms with Crippen LogP contribution in [0.3, 0.4) is 0 Å². The summed E-state index contributed by atoms with van der Waals surface area (Å²) in [5, 5.41) is 11.8. The summed E-state index contributed by atoms with van der Waals surface area (Å²) in [6, 6.07) is 6.05. The average Bonchev–Trinajstić information content (AvgIpc) is 3.06. The number of nitrogens with one attached hydrogen (secondary N) is 2.